The molecule has 1 heterocycles. The lowest BCUT2D eigenvalue weighted by Gasteiger charge is -2.20. The highest BCUT2D eigenvalue weighted by atomic mass is 79.9. The molecule has 0 aliphatic carbocycles. The van der Waals surface area contributed by atoms with Gasteiger partial charge in [0, 0.05) is 0 Å². The minimum absolute atomic E-state index is 0.125. The normalized spacial score (nSPS) is 13.5. The van der Waals surface area contributed by atoms with Crippen LogP contribution in [0.1, 0.15) is 44.9 Å². The van der Waals surface area contributed by atoms with Crippen LogP contribution in [-0.4, -0.2) is 9.78 Å². The Hall–Kier alpha value is -1.29. The number of anilines is 1. The van der Waals surface area contributed by atoms with Gasteiger partial charge in [-0.15, -0.1) is 0 Å². The lowest BCUT2D eigenvalue weighted by atomic mass is 9.86. The van der Waals surface area contributed by atoms with Gasteiger partial charge in [-0.1, -0.05) is 45.0 Å². The number of nitrogens with zero attached hydrogens (tertiary/aromatic N) is 2. The second-order valence-corrected chi connectivity index (χ2v) is 6.72. The molecule has 1 aromatic heterocycles. The number of aromatic nitrogens is 2. The van der Waals surface area contributed by atoms with Crippen molar-refractivity contribution in [3.05, 3.63) is 46.1 Å². The summed E-state index contributed by atoms with van der Waals surface area (Å²) in [5.41, 5.74) is 8.71. The summed E-state index contributed by atoms with van der Waals surface area (Å²) in [4.78, 5) is 0. The summed E-state index contributed by atoms with van der Waals surface area (Å²) in [6.07, 6.45) is 1.73. The summed E-state index contributed by atoms with van der Waals surface area (Å²) in [5, 5.41) is 4.31. The molecule has 2 N–H and O–H groups in total. The lowest BCUT2D eigenvalue weighted by Crippen LogP contribution is -2.13. The highest BCUT2D eigenvalue weighted by Gasteiger charge is 2.16. The van der Waals surface area contributed by atoms with E-state index in [0.717, 1.165) is 4.47 Å². The summed E-state index contributed by atoms with van der Waals surface area (Å²) < 4.78 is 2.67. The Morgan fingerprint density at radius 3 is 2.21 bits per heavy atom. The van der Waals surface area contributed by atoms with Gasteiger partial charge in [0.15, 0.2) is 0 Å². The molecule has 19 heavy (non-hydrogen) atoms. The average molecular weight is 322 g/mol. The van der Waals surface area contributed by atoms with Crippen molar-refractivity contribution in [3.8, 4) is 0 Å². The van der Waals surface area contributed by atoms with E-state index in [4.69, 9.17) is 5.73 Å². The molecule has 0 spiro atoms. The Bertz CT molecular complexity index is 564. The van der Waals surface area contributed by atoms with E-state index in [1.54, 1.807) is 6.20 Å². The SMILES string of the molecule is CC(c1ccc(C(C)(C)C)cc1)n1ncc(Br)c1N. The zero-order chi connectivity index (χ0) is 14.2. The van der Waals surface area contributed by atoms with E-state index in [-0.39, 0.29) is 11.5 Å². The lowest BCUT2D eigenvalue weighted by molar-refractivity contribution is 0.568. The van der Waals surface area contributed by atoms with Crippen LogP contribution in [0.2, 0.25) is 0 Å². The largest absolute Gasteiger partial charge is 0.383 e. The van der Waals surface area contributed by atoms with Crippen molar-refractivity contribution in [3.63, 3.8) is 0 Å². The summed E-state index contributed by atoms with van der Waals surface area (Å²) >= 11 is 3.39. The van der Waals surface area contributed by atoms with Gasteiger partial charge in [-0.2, -0.15) is 5.10 Å². The quantitative estimate of drug-likeness (QED) is 0.903. The minimum atomic E-state index is 0.125. The predicted octanol–water partition coefficient (Wildman–Crippen LogP) is 4.13. The van der Waals surface area contributed by atoms with Crippen LogP contribution in [0.4, 0.5) is 5.82 Å². The highest BCUT2D eigenvalue weighted by molar-refractivity contribution is 9.10. The number of halogens is 1. The predicted molar refractivity (Wildman–Crippen MR) is 83.3 cm³/mol. The Morgan fingerprint density at radius 2 is 1.79 bits per heavy atom. The van der Waals surface area contributed by atoms with Gasteiger partial charge in [0.05, 0.1) is 16.7 Å². The summed E-state index contributed by atoms with van der Waals surface area (Å²) in [7, 11) is 0. The van der Waals surface area contributed by atoms with Crippen molar-refractivity contribution in [2.75, 3.05) is 5.73 Å². The van der Waals surface area contributed by atoms with Crippen LogP contribution in [0, 0.1) is 0 Å². The molecular weight excluding hydrogens is 302 g/mol. The Balaban J connectivity index is 2.30. The van der Waals surface area contributed by atoms with Crippen LogP contribution in [0.3, 0.4) is 0 Å². The molecule has 0 aliphatic heterocycles. The average Bonchev–Trinajstić information content (AvgIpc) is 2.68. The number of rotatable bonds is 2. The van der Waals surface area contributed by atoms with Crippen molar-refractivity contribution in [2.24, 2.45) is 0 Å². The molecular formula is C15H20BrN3. The van der Waals surface area contributed by atoms with Gasteiger partial charge in [0.1, 0.15) is 5.82 Å². The Kier molecular flexibility index (Phi) is 3.72. The fourth-order valence-corrected chi connectivity index (χ4v) is 2.34. The van der Waals surface area contributed by atoms with Gasteiger partial charge < -0.3 is 5.73 Å². The number of hydrogen-bond donors (Lipinski definition) is 1. The highest BCUT2D eigenvalue weighted by Crippen LogP contribution is 2.28. The van der Waals surface area contributed by atoms with Crippen LogP contribution in [-0.2, 0) is 5.41 Å². The molecule has 0 bridgehead atoms. The van der Waals surface area contributed by atoms with E-state index in [0.29, 0.717) is 5.82 Å². The van der Waals surface area contributed by atoms with Gasteiger partial charge in [-0.05, 0) is 39.4 Å². The number of hydrogen-bond acceptors (Lipinski definition) is 2. The summed E-state index contributed by atoms with van der Waals surface area (Å²) in [6.45, 7) is 8.75. The fourth-order valence-electron chi connectivity index (χ4n) is 2.06. The number of nitrogens with two attached hydrogens (primary N) is 1. The first kappa shape index (κ1) is 14.1. The van der Waals surface area contributed by atoms with E-state index in [1.165, 1.54) is 11.1 Å². The van der Waals surface area contributed by atoms with E-state index in [9.17, 15) is 0 Å². The number of benzene rings is 1. The molecule has 102 valence electrons. The van der Waals surface area contributed by atoms with Gasteiger partial charge in [0.2, 0.25) is 0 Å². The third-order valence-corrected chi connectivity index (χ3v) is 4.02. The van der Waals surface area contributed by atoms with E-state index >= 15 is 0 Å². The summed E-state index contributed by atoms with van der Waals surface area (Å²) in [5.74, 6) is 0.660. The Labute approximate surface area is 122 Å². The second-order valence-electron chi connectivity index (χ2n) is 5.87. The van der Waals surface area contributed by atoms with E-state index < -0.39 is 0 Å². The monoisotopic (exact) mass is 321 g/mol. The zero-order valence-electron chi connectivity index (χ0n) is 11.8. The molecule has 0 saturated heterocycles. The van der Waals surface area contributed by atoms with E-state index in [1.807, 2.05) is 4.68 Å². The third kappa shape index (κ3) is 2.84. The first-order chi connectivity index (χ1) is 8.80. The molecule has 0 fully saturated rings. The molecule has 4 heteroatoms. The van der Waals surface area contributed by atoms with Gasteiger partial charge in [-0.3, -0.25) is 0 Å². The molecule has 1 aromatic carbocycles. The molecule has 0 radical (unpaired) electrons. The first-order valence-electron chi connectivity index (χ1n) is 6.39. The van der Waals surface area contributed by atoms with E-state index in [2.05, 4.69) is 73.0 Å². The fraction of sp³-hybridized carbons (Fsp3) is 0.400. The molecule has 0 saturated carbocycles. The second kappa shape index (κ2) is 5.00. The van der Waals surface area contributed by atoms with Crippen molar-refractivity contribution in [2.45, 2.75) is 39.2 Å². The molecule has 0 amide bonds. The molecule has 2 rings (SSSR count). The zero-order valence-corrected chi connectivity index (χ0v) is 13.4. The maximum Gasteiger partial charge on any atom is 0.136 e. The molecule has 1 unspecified atom stereocenters. The first-order valence-corrected chi connectivity index (χ1v) is 7.19. The molecule has 0 aliphatic rings. The summed E-state index contributed by atoms with van der Waals surface area (Å²) in [6, 6.07) is 8.79. The van der Waals surface area contributed by atoms with Crippen molar-refractivity contribution in [1.82, 2.24) is 9.78 Å². The van der Waals surface area contributed by atoms with Gasteiger partial charge >= 0.3 is 0 Å². The third-order valence-electron chi connectivity index (χ3n) is 3.41. The van der Waals surface area contributed by atoms with Gasteiger partial charge in [-0.25, -0.2) is 4.68 Å². The van der Waals surface area contributed by atoms with Crippen LogP contribution < -0.4 is 5.73 Å². The van der Waals surface area contributed by atoms with Crippen LogP contribution in [0.25, 0.3) is 0 Å². The maximum atomic E-state index is 5.99. The van der Waals surface area contributed by atoms with Crippen LogP contribution in [0.5, 0.6) is 0 Å². The number of nitrogen functional groups attached to an aromatic ring is 1. The van der Waals surface area contributed by atoms with Gasteiger partial charge in [0.25, 0.3) is 0 Å². The molecule has 1 atom stereocenters. The molecule has 3 nitrogen and oxygen atoms in total. The van der Waals surface area contributed by atoms with Crippen LogP contribution in [0.15, 0.2) is 34.9 Å². The molecule has 2 aromatic rings. The van der Waals surface area contributed by atoms with Crippen LogP contribution >= 0.6 is 15.9 Å². The van der Waals surface area contributed by atoms with Crippen molar-refractivity contribution < 1.29 is 0 Å². The van der Waals surface area contributed by atoms with Crippen molar-refractivity contribution >= 4 is 21.7 Å². The standard InChI is InChI=1S/C15H20BrN3/c1-10(19-14(17)13(16)9-18-19)11-5-7-12(8-6-11)15(2,3)4/h5-10H,17H2,1-4H3. The Morgan fingerprint density at radius 1 is 1.21 bits per heavy atom. The van der Waals surface area contributed by atoms with Crippen molar-refractivity contribution in [1.29, 1.82) is 0 Å². The minimum Gasteiger partial charge on any atom is -0.383 e. The smallest absolute Gasteiger partial charge is 0.136 e. The maximum absolute atomic E-state index is 5.99. The topological polar surface area (TPSA) is 43.8 Å².